The van der Waals surface area contributed by atoms with Crippen LogP contribution in [0.2, 0.25) is 0 Å². The zero-order valence-electron chi connectivity index (χ0n) is 14.1. The molecular weight excluding hydrogens is 320 g/mol. The molecule has 128 valence electrons. The summed E-state index contributed by atoms with van der Waals surface area (Å²) in [5.41, 5.74) is 0.796. The fourth-order valence-electron chi connectivity index (χ4n) is 2.58. The molecule has 0 spiro atoms. The largest absolute Gasteiger partial charge is 0.423 e. The lowest BCUT2D eigenvalue weighted by Crippen LogP contribution is -2.35. The van der Waals surface area contributed by atoms with E-state index in [2.05, 4.69) is 0 Å². The van der Waals surface area contributed by atoms with Crippen LogP contribution in [0, 0.1) is 0 Å². The summed E-state index contributed by atoms with van der Waals surface area (Å²) in [5.74, 6) is -0.856. The molecular formula is C19H18N2O4. The Balaban J connectivity index is 1.81. The number of para-hydroxylation sites is 1. The van der Waals surface area contributed by atoms with Crippen LogP contribution < -0.4 is 4.74 Å². The van der Waals surface area contributed by atoms with Crippen molar-refractivity contribution in [1.82, 2.24) is 9.80 Å². The molecule has 1 heterocycles. The number of carbonyl (C=O) groups is 3. The third-order valence-electron chi connectivity index (χ3n) is 3.93. The van der Waals surface area contributed by atoms with Crippen LogP contribution in [0.1, 0.15) is 31.1 Å². The molecule has 0 fully saturated rings. The average molecular weight is 338 g/mol. The predicted molar refractivity (Wildman–Crippen MR) is 91.8 cm³/mol. The highest BCUT2D eigenvalue weighted by Gasteiger charge is 2.35. The van der Waals surface area contributed by atoms with Gasteiger partial charge in [-0.1, -0.05) is 18.2 Å². The van der Waals surface area contributed by atoms with Gasteiger partial charge < -0.3 is 9.64 Å². The summed E-state index contributed by atoms with van der Waals surface area (Å²) in [7, 11) is 3.74. The van der Waals surface area contributed by atoms with Gasteiger partial charge in [-0.15, -0.1) is 0 Å². The Morgan fingerprint density at radius 2 is 1.68 bits per heavy atom. The average Bonchev–Trinajstić information content (AvgIpc) is 2.84. The highest BCUT2D eigenvalue weighted by atomic mass is 16.5. The Morgan fingerprint density at radius 1 is 1.00 bits per heavy atom. The number of esters is 1. The lowest BCUT2D eigenvalue weighted by atomic mass is 10.1. The number of nitrogens with zero attached hydrogens (tertiary/aromatic N) is 2. The van der Waals surface area contributed by atoms with Gasteiger partial charge in [0.2, 0.25) is 0 Å². The minimum absolute atomic E-state index is 0.234. The van der Waals surface area contributed by atoms with E-state index >= 15 is 0 Å². The van der Waals surface area contributed by atoms with Crippen LogP contribution in [-0.4, -0.2) is 54.8 Å². The normalized spacial score (nSPS) is 13.3. The van der Waals surface area contributed by atoms with Crippen LogP contribution in [-0.2, 0) is 0 Å². The van der Waals surface area contributed by atoms with Gasteiger partial charge in [-0.3, -0.25) is 14.5 Å². The summed E-state index contributed by atoms with van der Waals surface area (Å²) in [6, 6.07) is 13.1. The van der Waals surface area contributed by atoms with Crippen molar-refractivity contribution in [3.8, 4) is 5.75 Å². The molecule has 0 atom stereocenters. The first-order chi connectivity index (χ1) is 12.0. The molecule has 2 aromatic rings. The third-order valence-corrected chi connectivity index (χ3v) is 3.93. The van der Waals surface area contributed by atoms with Gasteiger partial charge in [-0.25, -0.2) is 4.79 Å². The highest BCUT2D eigenvalue weighted by molar-refractivity contribution is 6.22. The van der Waals surface area contributed by atoms with Crippen LogP contribution in [0.3, 0.4) is 0 Å². The van der Waals surface area contributed by atoms with Crippen LogP contribution in [0.25, 0.3) is 0 Å². The second kappa shape index (κ2) is 6.86. The molecule has 6 heteroatoms. The van der Waals surface area contributed by atoms with Crippen molar-refractivity contribution < 1.29 is 19.1 Å². The number of fused-ring (bicyclic) bond motifs is 1. The Bertz CT molecular complexity index is 831. The number of carbonyl (C=O) groups excluding carboxylic acids is 3. The molecule has 3 rings (SSSR count). The number of benzene rings is 2. The number of ether oxygens (including phenoxy) is 1. The quantitative estimate of drug-likeness (QED) is 0.474. The van der Waals surface area contributed by atoms with Crippen molar-refractivity contribution in [3.63, 3.8) is 0 Å². The molecule has 0 aromatic heterocycles. The van der Waals surface area contributed by atoms with E-state index in [1.807, 2.05) is 25.1 Å². The van der Waals surface area contributed by atoms with Gasteiger partial charge in [-0.05, 0) is 44.4 Å². The van der Waals surface area contributed by atoms with Gasteiger partial charge in [0.15, 0.2) is 0 Å². The molecule has 0 radical (unpaired) electrons. The van der Waals surface area contributed by atoms with E-state index in [-0.39, 0.29) is 22.9 Å². The number of likely N-dealkylation sites (N-methyl/N-ethyl adjacent to an activating group) is 1. The van der Waals surface area contributed by atoms with Gasteiger partial charge in [0.1, 0.15) is 5.75 Å². The molecule has 0 bridgehead atoms. The SMILES string of the molecule is CN(C)CCN1C(=O)c2ccc(C(=O)Oc3ccccc3)cc2C1=O. The van der Waals surface area contributed by atoms with Crippen LogP contribution in [0.4, 0.5) is 0 Å². The van der Waals surface area contributed by atoms with Crippen molar-refractivity contribution in [3.05, 3.63) is 65.2 Å². The van der Waals surface area contributed by atoms with E-state index in [9.17, 15) is 14.4 Å². The number of rotatable bonds is 5. The van der Waals surface area contributed by atoms with Gasteiger partial charge in [-0.2, -0.15) is 0 Å². The Hall–Kier alpha value is -2.99. The standard InChI is InChI=1S/C19H18N2O4/c1-20(2)10-11-21-17(22)15-9-8-13(12-16(15)18(21)23)19(24)25-14-6-4-3-5-7-14/h3-9,12H,10-11H2,1-2H3. The monoisotopic (exact) mass is 338 g/mol. The lowest BCUT2D eigenvalue weighted by Gasteiger charge is -2.16. The number of imide groups is 1. The number of amides is 2. The first-order valence-electron chi connectivity index (χ1n) is 7.89. The molecule has 0 aliphatic carbocycles. The fourth-order valence-corrected chi connectivity index (χ4v) is 2.58. The summed E-state index contributed by atoms with van der Waals surface area (Å²) in [6.07, 6.45) is 0. The van der Waals surface area contributed by atoms with E-state index < -0.39 is 5.97 Å². The molecule has 2 aromatic carbocycles. The van der Waals surface area contributed by atoms with E-state index in [1.165, 1.54) is 23.1 Å². The Morgan fingerprint density at radius 3 is 2.36 bits per heavy atom. The van der Waals surface area contributed by atoms with E-state index in [0.717, 1.165) is 0 Å². The predicted octanol–water partition coefficient (Wildman–Crippen LogP) is 2.06. The molecule has 0 N–H and O–H groups in total. The van der Waals surface area contributed by atoms with Crippen LogP contribution in [0.15, 0.2) is 48.5 Å². The Kier molecular flexibility index (Phi) is 4.63. The maximum Gasteiger partial charge on any atom is 0.343 e. The number of hydrogen-bond acceptors (Lipinski definition) is 5. The molecule has 0 saturated heterocycles. The molecule has 0 unspecified atom stereocenters. The molecule has 1 aliphatic rings. The van der Waals surface area contributed by atoms with Crippen molar-refractivity contribution in [2.75, 3.05) is 27.2 Å². The summed E-state index contributed by atoms with van der Waals surface area (Å²) in [4.78, 5) is 40.2. The zero-order chi connectivity index (χ0) is 18.0. The van der Waals surface area contributed by atoms with E-state index in [4.69, 9.17) is 4.74 Å². The maximum absolute atomic E-state index is 12.5. The van der Waals surface area contributed by atoms with Gasteiger partial charge >= 0.3 is 5.97 Å². The third kappa shape index (κ3) is 3.44. The zero-order valence-corrected chi connectivity index (χ0v) is 14.1. The van der Waals surface area contributed by atoms with Crippen molar-refractivity contribution in [2.24, 2.45) is 0 Å². The van der Waals surface area contributed by atoms with Crippen LogP contribution >= 0.6 is 0 Å². The molecule has 0 saturated carbocycles. The van der Waals surface area contributed by atoms with Crippen molar-refractivity contribution >= 4 is 17.8 Å². The summed E-state index contributed by atoms with van der Waals surface area (Å²) in [6.45, 7) is 0.886. The highest BCUT2D eigenvalue weighted by Crippen LogP contribution is 2.24. The van der Waals surface area contributed by atoms with Gasteiger partial charge in [0.05, 0.1) is 16.7 Å². The molecule has 1 aliphatic heterocycles. The van der Waals surface area contributed by atoms with Crippen molar-refractivity contribution in [2.45, 2.75) is 0 Å². The first kappa shape index (κ1) is 16.9. The first-order valence-corrected chi connectivity index (χ1v) is 7.89. The second-order valence-corrected chi connectivity index (χ2v) is 6.03. The van der Waals surface area contributed by atoms with E-state index in [0.29, 0.717) is 24.4 Å². The lowest BCUT2D eigenvalue weighted by molar-refractivity contribution is 0.0644. The summed E-state index contributed by atoms with van der Waals surface area (Å²) < 4.78 is 5.27. The molecule has 2 amide bonds. The van der Waals surface area contributed by atoms with Gasteiger partial charge in [0, 0.05) is 13.1 Å². The molecule has 6 nitrogen and oxygen atoms in total. The summed E-state index contributed by atoms with van der Waals surface area (Å²) >= 11 is 0. The van der Waals surface area contributed by atoms with Crippen LogP contribution in [0.5, 0.6) is 5.75 Å². The minimum Gasteiger partial charge on any atom is -0.423 e. The second-order valence-electron chi connectivity index (χ2n) is 6.03. The fraction of sp³-hybridized carbons (Fsp3) is 0.211. The Labute approximate surface area is 145 Å². The van der Waals surface area contributed by atoms with Crippen molar-refractivity contribution in [1.29, 1.82) is 0 Å². The number of hydrogen-bond donors (Lipinski definition) is 0. The topological polar surface area (TPSA) is 66.9 Å². The van der Waals surface area contributed by atoms with E-state index in [1.54, 1.807) is 24.3 Å². The summed E-state index contributed by atoms with van der Waals surface area (Å²) in [5, 5.41) is 0. The minimum atomic E-state index is -0.569. The van der Waals surface area contributed by atoms with Gasteiger partial charge in [0.25, 0.3) is 11.8 Å². The maximum atomic E-state index is 12.5. The molecule has 25 heavy (non-hydrogen) atoms. The smallest absolute Gasteiger partial charge is 0.343 e.